The molecule has 0 atom stereocenters. The van der Waals surface area contributed by atoms with Gasteiger partial charge in [0.25, 0.3) is 5.91 Å². The minimum Gasteiger partial charge on any atom is -0.336 e. The minimum atomic E-state index is 0.0418. The molecule has 1 aliphatic heterocycles. The van der Waals surface area contributed by atoms with Gasteiger partial charge in [0.1, 0.15) is 11.0 Å². The van der Waals surface area contributed by atoms with Crippen molar-refractivity contribution < 1.29 is 9.42 Å². The van der Waals surface area contributed by atoms with Crippen LogP contribution in [0.5, 0.6) is 0 Å². The molecule has 0 aliphatic carbocycles. The van der Waals surface area contributed by atoms with Crippen LogP contribution in [0.25, 0.3) is 11.0 Å². The molecule has 2 aromatic carbocycles. The molecule has 1 amide bonds. The van der Waals surface area contributed by atoms with Crippen molar-refractivity contribution in [2.45, 2.75) is 13.5 Å². The van der Waals surface area contributed by atoms with Gasteiger partial charge in [-0.15, -0.1) is 0 Å². The van der Waals surface area contributed by atoms with Gasteiger partial charge in [-0.3, -0.25) is 9.69 Å². The summed E-state index contributed by atoms with van der Waals surface area (Å²) in [6.07, 6.45) is 0. The van der Waals surface area contributed by atoms with E-state index < -0.39 is 0 Å². The molecule has 0 spiro atoms. The van der Waals surface area contributed by atoms with E-state index in [0.717, 1.165) is 32.7 Å². The van der Waals surface area contributed by atoms with Crippen molar-refractivity contribution in [1.82, 2.24) is 20.1 Å². The van der Waals surface area contributed by atoms with Crippen LogP contribution in [-0.2, 0) is 6.54 Å². The first-order valence-corrected chi connectivity index (χ1v) is 8.48. The highest BCUT2D eigenvalue weighted by molar-refractivity contribution is 5.97. The quantitative estimate of drug-likeness (QED) is 0.735. The normalized spacial score (nSPS) is 15.6. The van der Waals surface area contributed by atoms with Gasteiger partial charge in [-0.05, 0) is 41.0 Å². The zero-order valence-electron chi connectivity index (χ0n) is 14.2. The topological polar surface area (TPSA) is 62.5 Å². The Bertz CT molecular complexity index is 897. The third kappa shape index (κ3) is 3.39. The summed E-state index contributed by atoms with van der Waals surface area (Å²) < 4.78 is 4.69. The van der Waals surface area contributed by atoms with Gasteiger partial charge in [-0.2, -0.15) is 0 Å². The average molecular weight is 336 g/mol. The molecule has 25 heavy (non-hydrogen) atoms. The molecular formula is C19H20N4O2. The molecule has 0 radical (unpaired) electrons. The number of piperazine rings is 1. The van der Waals surface area contributed by atoms with Crippen molar-refractivity contribution in [2.75, 3.05) is 26.2 Å². The van der Waals surface area contributed by atoms with Crippen molar-refractivity contribution in [3.63, 3.8) is 0 Å². The number of fused-ring (bicyclic) bond motifs is 1. The van der Waals surface area contributed by atoms with Crippen LogP contribution in [0.2, 0.25) is 0 Å². The monoisotopic (exact) mass is 336 g/mol. The van der Waals surface area contributed by atoms with Gasteiger partial charge in [0.15, 0.2) is 0 Å². The van der Waals surface area contributed by atoms with E-state index >= 15 is 0 Å². The lowest BCUT2D eigenvalue weighted by Gasteiger charge is -2.34. The van der Waals surface area contributed by atoms with Crippen LogP contribution in [0.1, 0.15) is 21.5 Å². The molecule has 0 unspecified atom stereocenters. The summed E-state index contributed by atoms with van der Waals surface area (Å²) >= 11 is 0. The first-order chi connectivity index (χ1) is 12.2. The number of hydrogen-bond donors (Lipinski definition) is 0. The van der Waals surface area contributed by atoms with Crippen LogP contribution < -0.4 is 0 Å². The summed E-state index contributed by atoms with van der Waals surface area (Å²) in [6.45, 7) is 6.28. The first kappa shape index (κ1) is 15.8. The molecule has 3 aromatic rings. The highest BCUT2D eigenvalue weighted by Gasteiger charge is 2.22. The fraction of sp³-hybridized carbons (Fsp3) is 0.316. The number of aromatic nitrogens is 2. The molecule has 0 N–H and O–H groups in total. The predicted octanol–water partition coefficient (Wildman–Crippen LogP) is 2.49. The van der Waals surface area contributed by atoms with Gasteiger partial charge >= 0.3 is 0 Å². The maximum Gasteiger partial charge on any atom is 0.254 e. The Kier molecular flexibility index (Phi) is 4.19. The van der Waals surface area contributed by atoms with Gasteiger partial charge in [0.05, 0.1) is 0 Å². The molecule has 0 saturated carbocycles. The molecule has 1 aliphatic rings. The lowest BCUT2D eigenvalue weighted by atomic mass is 10.1. The maximum absolute atomic E-state index is 12.7. The van der Waals surface area contributed by atoms with Crippen molar-refractivity contribution in [1.29, 1.82) is 0 Å². The van der Waals surface area contributed by atoms with Crippen molar-refractivity contribution in [2.24, 2.45) is 0 Å². The first-order valence-electron chi connectivity index (χ1n) is 8.48. The van der Waals surface area contributed by atoms with Crippen molar-refractivity contribution in [3.05, 3.63) is 59.2 Å². The van der Waals surface area contributed by atoms with Gasteiger partial charge in [-0.1, -0.05) is 29.8 Å². The fourth-order valence-corrected chi connectivity index (χ4v) is 3.28. The zero-order valence-corrected chi connectivity index (χ0v) is 14.2. The predicted molar refractivity (Wildman–Crippen MR) is 94.2 cm³/mol. The SMILES string of the molecule is Cc1cccc(CN2CCN(C(=O)c3ccc4nonc4c3)CC2)c1. The molecule has 1 fully saturated rings. The van der Waals surface area contributed by atoms with Crippen LogP contribution in [-0.4, -0.2) is 52.2 Å². The van der Waals surface area contributed by atoms with E-state index in [9.17, 15) is 4.79 Å². The summed E-state index contributed by atoms with van der Waals surface area (Å²) in [5.41, 5.74) is 4.52. The summed E-state index contributed by atoms with van der Waals surface area (Å²) in [7, 11) is 0. The second-order valence-electron chi connectivity index (χ2n) is 6.53. The molecule has 6 heteroatoms. The Labute approximate surface area is 146 Å². The van der Waals surface area contributed by atoms with E-state index in [0.29, 0.717) is 16.6 Å². The minimum absolute atomic E-state index is 0.0418. The van der Waals surface area contributed by atoms with E-state index in [1.165, 1.54) is 11.1 Å². The average Bonchev–Trinajstić information content (AvgIpc) is 3.09. The van der Waals surface area contributed by atoms with E-state index in [1.54, 1.807) is 18.2 Å². The second kappa shape index (κ2) is 6.64. The Morgan fingerprint density at radius 2 is 1.84 bits per heavy atom. The third-order valence-electron chi connectivity index (χ3n) is 4.65. The molecule has 128 valence electrons. The van der Waals surface area contributed by atoms with E-state index in [1.807, 2.05) is 4.90 Å². The number of nitrogens with zero attached hydrogens (tertiary/aromatic N) is 4. The van der Waals surface area contributed by atoms with E-state index in [2.05, 4.69) is 46.4 Å². The van der Waals surface area contributed by atoms with Gasteiger partial charge in [0.2, 0.25) is 0 Å². The number of carbonyl (C=O) groups is 1. The van der Waals surface area contributed by atoms with Crippen LogP contribution in [0, 0.1) is 6.92 Å². The summed E-state index contributed by atoms with van der Waals surface area (Å²) in [5.74, 6) is 0.0418. The molecule has 4 rings (SSSR count). The molecule has 1 aromatic heterocycles. The highest BCUT2D eigenvalue weighted by atomic mass is 16.6. The number of rotatable bonds is 3. The number of carbonyl (C=O) groups excluding carboxylic acids is 1. The Morgan fingerprint density at radius 3 is 2.64 bits per heavy atom. The van der Waals surface area contributed by atoms with Crippen LogP contribution in [0.4, 0.5) is 0 Å². The van der Waals surface area contributed by atoms with Crippen LogP contribution in [0.3, 0.4) is 0 Å². The Morgan fingerprint density at radius 1 is 1.04 bits per heavy atom. The number of hydrogen-bond acceptors (Lipinski definition) is 5. The largest absolute Gasteiger partial charge is 0.336 e. The number of amides is 1. The molecule has 2 heterocycles. The smallest absolute Gasteiger partial charge is 0.254 e. The van der Waals surface area contributed by atoms with Crippen molar-refractivity contribution in [3.8, 4) is 0 Å². The van der Waals surface area contributed by atoms with Crippen molar-refractivity contribution >= 4 is 16.9 Å². The Balaban J connectivity index is 1.38. The van der Waals surface area contributed by atoms with Crippen LogP contribution in [0.15, 0.2) is 47.1 Å². The van der Waals surface area contributed by atoms with E-state index in [4.69, 9.17) is 4.63 Å². The number of benzene rings is 2. The lowest BCUT2D eigenvalue weighted by molar-refractivity contribution is 0.0628. The molecule has 0 bridgehead atoms. The fourth-order valence-electron chi connectivity index (χ4n) is 3.28. The standard InChI is InChI=1S/C19H20N4O2/c1-14-3-2-4-15(11-14)13-22-7-9-23(10-8-22)19(24)16-5-6-17-18(12-16)21-25-20-17/h2-6,11-12H,7-10,13H2,1H3. The van der Waals surface area contributed by atoms with E-state index in [-0.39, 0.29) is 5.91 Å². The third-order valence-corrected chi connectivity index (χ3v) is 4.65. The Hall–Kier alpha value is -2.73. The van der Waals surface area contributed by atoms with Gasteiger partial charge in [-0.25, -0.2) is 4.63 Å². The second-order valence-corrected chi connectivity index (χ2v) is 6.53. The summed E-state index contributed by atoms with van der Waals surface area (Å²) in [5, 5.41) is 7.58. The molecule has 6 nitrogen and oxygen atoms in total. The summed E-state index contributed by atoms with van der Waals surface area (Å²) in [6, 6.07) is 13.9. The van der Waals surface area contributed by atoms with Crippen LogP contribution >= 0.6 is 0 Å². The molecule has 1 saturated heterocycles. The maximum atomic E-state index is 12.7. The molecular weight excluding hydrogens is 316 g/mol. The number of aryl methyl sites for hydroxylation is 1. The highest BCUT2D eigenvalue weighted by Crippen LogP contribution is 2.16. The summed E-state index contributed by atoms with van der Waals surface area (Å²) in [4.78, 5) is 17.0. The zero-order chi connectivity index (χ0) is 17.2. The van der Waals surface area contributed by atoms with Gasteiger partial charge < -0.3 is 4.90 Å². The lowest BCUT2D eigenvalue weighted by Crippen LogP contribution is -2.48. The van der Waals surface area contributed by atoms with Gasteiger partial charge in [0, 0.05) is 38.3 Å².